The minimum Gasteiger partial charge on any atom is -0.352 e. The van der Waals surface area contributed by atoms with Crippen molar-refractivity contribution in [2.45, 2.75) is 25.9 Å². The third kappa shape index (κ3) is 5.17. The van der Waals surface area contributed by atoms with Gasteiger partial charge in [0, 0.05) is 23.1 Å². The number of carbonyl (C=O) groups is 1. The van der Waals surface area contributed by atoms with E-state index in [0.29, 0.717) is 41.4 Å². The van der Waals surface area contributed by atoms with E-state index in [4.69, 9.17) is 27.7 Å². The van der Waals surface area contributed by atoms with Crippen LogP contribution < -0.4 is 5.32 Å². The lowest BCUT2D eigenvalue weighted by atomic mass is 9.97. The molecule has 1 unspecified atom stereocenters. The lowest BCUT2D eigenvalue weighted by molar-refractivity contribution is -0.127. The fourth-order valence-electron chi connectivity index (χ4n) is 3.42. The first kappa shape index (κ1) is 20.3. The van der Waals surface area contributed by atoms with Crippen LogP contribution in [0, 0.1) is 5.92 Å². The molecule has 1 aliphatic heterocycles. The number of nitrogens with one attached hydrogen (secondary N) is 1. The molecule has 0 radical (unpaired) electrons. The number of amides is 1. The van der Waals surface area contributed by atoms with Crippen LogP contribution in [0.4, 0.5) is 0 Å². The van der Waals surface area contributed by atoms with Gasteiger partial charge in [0.05, 0.1) is 17.3 Å². The number of nitrogens with zero attached hydrogens (tertiary/aromatic N) is 3. The first-order valence-electron chi connectivity index (χ1n) is 9.39. The molecule has 29 heavy (non-hydrogen) atoms. The predicted molar refractivity (Wildman–Crippen MR) is 114 cm³/mol. The van der Waals surface area contributed by atoms with Crippen LogP contribution in [0.25, 0.3) is 10.7 Å². The maximum Gasteiger partial charge on any atom is 0.241 e. The molecule has 1 aliphatic rings. The van der Waals surface area contributed by atoms with Crippen LogP contribution in [0.15, 0.2) is 40.2 Å². The number of thiophene rings is 1. The van der Waals surface area contributed by atoms with Crippen molar-refractivity contribution in [1.82, 2.24) is 20.4 Å². The van der Waals surface area contributed by atoms with Crippen LogP contribution in [0.5, 0.6) is 0 Å². The van der Waals surface area contributed by atoms with Crippen LogP contribution >= 0.6 is 34.5 Å². The van der Waals surface area contributed by atoms with Crippen LogP contribution in [0.1, 0.15) is 24.3 Å². The Kier molecular flexibility index (Phi) is 6.50. The Hall–Kier alpha value is -1.93. The van der Waals surface area contributed by atoms with Gasteiger partial charge in [0.25, 0.3) is 0 Å². The summed E-state index contributed by atoms with van der Waals surface area (Å²) < 4.78 is 5.39. The summed E-state index contributed by atoms with van der Waals surface area (Å²) in [6.45, 7) is 2.50. The Bertz CT molecular complexity index is 977. The van der Waals surface area contributed by atoms with E-state index in [1.54, 1.807) is 23.5 Å². The molecule has 0 aliphatic carbocycles. The molecule has 1 atom stereocenters. The van der Waals surface area contributed by atoms with Crippen molar-refractivity contribution < 1.29 is 9.32 Å². The number of rotatable bonds is 6. The molecule has 6 nitrogen and oxygen atoms in total. The molecule has 1 fully saturated rings. The molecular formula is C20H20Cl2N4O2S. The summed E-state index contributed by atoms with van der Waals surface area (Å²) >= 11 is 13.7. The van der Waals surface area contributed by atoms with Gasteiger partial charge < -0.3 is 9.84 Å². The van der Waals surface area contributed by atoms with Crippen LogP contribution in [0.2, 0.25) is 10.0 Å². The topological polar surface area (TPSA) is 71.3 Å². The van der Waals surface area contributed by atoms with Crippen molar-refractivity contribution in [3.8, 4) is 10.7 Å². The molecule has 0 saturated carbocycles. The molecule has 0 bridgehead atoms. The number of hydrogen-bond donors (Lipinski definition) is 1. The minimum absolute atomic E-state index is 0.0329. The summed E-state index contributed by atoms with van der Waals surface area (Å²) in [7, 11) is 0. The highest BCUT2D eigenvalue weighted by atomic mass is 35.5. The van der Waals surface area contributed by atoms with Crippen LogP contribution in [-0.2, 0) is 17.9 Å². The average molecular weight is 451 g/mol. The van der Waals surface area contributed by atoms with Gasteiger partial charge in [-0.15, -0.1) is 11.3 Å². The standard InChI is InChI=1S/C20H20Cl2N4O2S/c21-15-6-5-13(16(22)9-15)10-23-20(27)14-3-1-7-26(11-14)12-18-24-19(25-28-18)17-4-2-8-29-17/h2,4-6,8-9,14H,1,3,7,10-12H2,(H,23,27). The van der Waals surface area contributed by atoms with Crippen molar-refractivity contribution in [2.75, 3.05) is 13.1 Å². The second kappa shape index (κ2) is 9.26. The number of hydrogen-bond acceptors (Lipinski definition) is 6. The lowest BCUT2D eigenvalue weighted by Crippen LogP contribution is -2.42. The highest BCUT2D eigenvalue weighted by Crippen LogP contribution is 2.24. The van der Waals surface area contributed by atoms with Gasteiger partial charge in [-0.05, 0) is 48.5 Å². The molecule has 1 aromatic carbocycles. The number of halogens is 2. The molecule has 1 amide bonds. The number of carbonyl (C=O) groups excluding carboxylic acids is 1. The van der Waals surface area contributed by atoms with Crippen LogP contribution in [0.3, 0.4) is 0 Å². The third-order valence-corrected chi connectivity index (χ3v) is 6.37. The molecule has 4 rings (SSSR count). The summed E-state index contributed by atoms with van der Waals surface area (Å²) in [6, 6.07) is 9.21. The Morgan fingerprint density at radius 1 is 1.34 bits per heavy atom. The van der Waals surface area contributed by atoms with Crippen LogP contribution in [-0.4, -0.2) is 34.0 Å². The summed E-state index contributed by atoms with van der Waals surface area (Å²) in [5, 5.41) is 10.2. The first-order chi connectivity index (χ1) is 14.1. The van der Waals surface area contributed by atoms with Crippen molar-refractivity contribution in [2.24, 2.45) is 5.92 Å². The maximum atomic E-state index is 12.7. The normalized spacial score (nSPS) is 17.4. The van der Waals surface area contributed by atoms with Gasteiger partial charge in [-0.3, -0.25) is 9.69 Å². The van der Waals surface area contributed by atoms with Gasteiger partial charge in [-0.25, -0.2) is 0 Å². The van der Waals surface area contributed by atoms with Gasteiger partial charge in [-0.1, -0.05) is 40.5 Å². The summed E-state index contributed by atoms with van der Waals surface area (Å²) in [5.41, 5.74) is 0.851. The third-order valence-electron chi connectivity index (χ3n) is 4.91. The second-order valence-electron chi connectivity index (χ2n) is 7.02. The Balaban J connectivity index is 1.31. The average Bonchev–Trinajstić information content (AvgIpc) is 3.39. The zero-order chi connectivity index (χ0) is 20.2. The Morgan fingerprint density at radius 3 is 3.03 bits per heavy atom. The van der Waals surface area contributed by atoms with Gasteiger partial charge in [-0.2, -0.15) is 4.98 Å². The van der Waals surface area contributed by atoms with Gasteiger partial charge in [0.2, 0.25) is 17.6 Å². The zero-order valence-electron chi connectivity index (χ0n) is 15.6. The number of benzene rings is 1. The molecule has 9 heteroatoms. The van der Waals surface area contributed by atoms with Gasteiger partial charge in [0.15, 0.2) is 0 Å². The SMILES string of the molecule is O=C(NCc1ccc(Cl)cc1Cl)C1CCCN(Cc2nc(-c3cccs3)no2)C1. The maximum absolute atomic E-state index is 12.7. The number of likely N-dealkylation sites (tertiary alicyclic amines) is 1. The summed E-state index contributed by atoms with van der Waals surface area (Å²) in [6.07, 6.45) is 1.81. The molecule has 3 aromatic rings. The van der Waals surface area contributed by atoms with Crippen molar-refractivity contribution in [1.29, 1.82) is 0 Å². The molecular weight excluding hydrogens is 431 g/mol. The fraction of sp³-hybridized carbons (Fsp3) is 0.350. The molecule has 2 aromatic heterocycles. The van der Waals surface area contributed by atoms with Crippen molar-refractivity contribution >= 4 is 40.4 Å². The highest BCUT2D eigenvalue weighted by Gasteiger charge is 2.27. The summed E-state index contributed by atoms with van der Waals surface area (Å²) in [5.74, 6) is 1.14. The van der Waals surface area contributed by atoms with E-state index in [1.165, 1.54) is 0 Å². The first-order valence-corrected chi connectivity index (χ1v) is 11.0. The monoisotopic (exact) mass is 450 g/mol. The second-order valence-corrected chi connectivity index (χ2v) is 8.81. The quantitative estimate of drug-likeness (QED) is 0.592. The molecule has 1 saturated heterocycles. The van der Waals surface area contributed by atoms with E-state index in [9.17, 15) is 4.79 Å². The molecule has 0 spiro atoms. The lowest BCUT2D eigenvalue weighted by Gasteiger charge is -2.30. The number of piperidine rings is 1. The minimum atomic E-state index is -0.0745. The Labute approximate surface area is 182 Å². The molecule has 1 N–H and O–H groups in total. The van der Waals surface area contributed by atoms with Gasteiger partial charge in [0.1, 0.15) is 0 Å². The van der Waals surface area contributed by atoms with E-state index in [0.717, 1.165) is 29.8 Å². The van der Waals surface area contributed by atoms with E-state index >= 15 is 0 Å². The van der Waals surface area contributed by atoms with E-state index < -0.39 is 0 Å². The van der Waals surface area contributed by atoms with Crippen molar-refractivity contribution in [3.63, 3.8) is 0 Å². The predicted octanol–water partition coefficient (Wildman–Crippen LogP) is 4.63. The Morgan fingerprint density at radius 2 is 2.24 bits per heavy atom. The van der Waals surface area contributed by atoms with Crippen molar-refractivity contribution in [3.05, 3.63) is 57.2 Å². The molecule has 152 valence electrons. The smallest absolute Gasteiger partial charge is 0.241 e. The fourth-order valence-corrected chi connectivity index (χ4v) is 4.55. The largest absolute Gasteiger partial charge is 0.352 e. The van der Waals surface area contributed by atoms with Gasteiger partial charge >= 0.3 is 0 Å². The van der Waals surface area contributed by atoms with E-state index in [-0.39, 0.29) is 11.8 Å². The number of aromatic nitrogens is 2. The summed E-state index contributed by atoms with van der Waals surface area (Å²) in [4.78, 5) is 20.3. The van der Waals surface area contributed by atoms with E-state index in [1.807, 2.05) is 23.6 Å². The molecule has 3 heterocycles. The van der Waals surface area contributed by atoms with E-state index in [2.05, 4.69) is 20.4 Å². The zero-order valence-corrected chi connectivity index (χ0v) is 17.9. The highest BCUT2D eigenvalue weighted by molar-refractivity contribution is 7.13.